The third-order valence-corrected chi connectivity index (χ3v) is 3.27. The van der Waals surface area contributed by atoms with Crippen molar-refractivity contribution in [2.24, 2.45) is 0 Å². The summed E-state index contributed by atoms with van der Waals surface area (Å²) in [6.07, 6.45) is 2.59. The molecule has 100 valence electrons. The van der Waals surface area contributed by atoms with Crippen molar-refractivity contribution in [3.8, 4) is 5.75 Å². The highest BCUT2D eigenvalue weighted by Gasteiger charge is 2.10. The molecule has 0 atom stereocenters. The zero-order valence-corrected chi connectivity index (χ0v) is 11.2. The van der Waals surface area contributed by atoms with E-state index in [2.05, 4.69) is 4.98 Å². The van der Waals surface area contributed by atoms with Crippen LogP contribution in [0.5, 0.6) is 5.75 Å². The number of benzene rings is 1. The third kappa shape index (κ3) is 2.26. The largest absolute Gasteiger partial charge is 0.484 e. The Morgan fingerprint density at radius 3 is 2.80 bits per heavy atom. The number of fused-ring (bicyclic) bond motifs is 1. The first-order chi connectivity index (χ1) is 9.79. The summed E-state index contributed by atoms with van der Waals surface area (Å²) >= 11 is 6.03. The average Bonchev–Trinajstić information content (AvgIpc) is 2.85. The van der Waals surface area contributed by atoms with E-state index >= 15 is 0 Å². The van der Waals surface area contributed by atoms with Crippen molar-refractivity contribution >= 4 is 23.4 Å². The van der Waals surface area contributed by atoms with Gasteiger partial charge in [-0.2, -0.15) is 0 Å². The molecule has 0 saturated carbocycles. The van der Waals surface area contributed by atoms with Gasteiger partial charge in [0.1, 0.15) is 18.1 Å². The highest BCUT2D eigenvalue weighted by atomic mass is 35.5. The monoisotopic (exact) mass is 286 g/mol. The number of halogens is 1. The van der Waals surface area contributed by atoms with Crippen molar-refractivity contribution in [3.05, 3.63) is 65.2 Å². The minimum Gasteiger partial charge on any atom is -0.484 e. The molecular weight excluding hydrogens is 276 g/mol. The maximum absolute atomic E-state index is 11.0. The normalized spacial score (nSPS) is 10.7. The lowest BCUT2D eigenvalue weighted by molar-refractivity contribution is 0.112. The molecule has 4 nitrogen and oxygen atoms in total. The average molecular weight is 287 g/mol. The number of hydrogen-bond acceptors (Lipinski definition) is 3. The van der Waals surface area contributed by atoms with Gasteiger partial charge in [0.15, 0.2) is 12.1 Å². The Morgan fingerprint density at radius 2 is 2.00 bits per heavy atom. The number of aldehydes is 1. The van der Waals surface area contributed by atoms with E-state index in [1.54, 1.807) is 12.1 Å². The molecule has 0 N–H and O–H groups in total. The second-order valence-electron chi connectivity index (χ2n) is 4.21. The van der Waals surface area contributed by atoms with Crippen LogP contribution in [0, 0.1) is 0 Å². The van der Waals surface area contributed by atoms with Crippen LogP contribution in [-0.2, 0) is 6.61 Å². The number of pyridine rings is 1. The van der Waals surface area contributed by atoms with Crippen LogP contribution < -0.4 is 4.74 Å². The Kier molecular flexibility index (Phi) is 3.39. The highest BCUT2D eigenvalue weighted by molar-refractivity contribution is 6.32. The van der Waals surface area contributed by atoms with E-state index in [1.807, 2.05) is 40.9 Å². The predicted octanol–water partition coefficient (Wildman–Crippen LogP) is 3.38. The number of carbonyl (C=O) groups is 1. The number of ether oxygens (including phenoxy) is 1. The van der Waals surface area contributed by atoms with Crippen LogP contribution in [0.25, 0.3) is 5.52 Å². The lowest BCUT2D eigenvalue weighted by Gasteiger charge is -2.06. The smallest absolute Gasteiger partial charge is 0.170 e. The summed E-state index contributed by atoms with van der Waals surface area (Å²) in [5.74, 6) is 1.25. The maximum Gasteiger partial charge on any atom is 0.170 e. The third-order valence-electron chi connectivity index (χ3n) is 2.95. The Labute approximate surface area is 120 Å². The summed E-state index contributed by atoms with van der Waals surface area (Å²) in [7, 11) is 0. The summed E-state index contributed by atoms with van der Waals surface area (Å²) in [5, 5.41) is 0.545. The van der Waals surface area contributed by atoms with Crippen LogP contribution in [0.2, 0.25) is 5.02 Å². The molecular formula is C15H11ClN2O2. The van der Waals surface area contributed by atoms with Crippen LogP contribution in [0.15, 0.2) is 48.7 Å². The summed E-state index contributed by atoms with van der Waals surface area (Å²) < 4.78 is 7.49. The number of para-hydroxylation sites is 1. The van der Waals surface area contributed by atoms with Gasteiger partial charge in [0.25, 0.3) is 0 Å². The first kappa shape index (κ1) is 12.7. The zero-order valence-electron chi connectivity index (χ0n) is 10.5. The maximum atomic E-state index is 11.0. The number of carbonyl (C=O) groups excluding carboxylic acids is 1. The fraction of sp³-hybridized carbons (Fsp3) is 0.0667. The van der Waals surface area contributed by atoms with E-state index in [-0.39, 0.29) is 6.61 Å². The fourth-order valence-electron chi connectivity index (χ4n) is 2.02. The van der Waals surface area contributed by atoms with E-state index in [1.165, 1.54) is 0 Å². The lowest BCUT2D eigenvalue weighted by atomic mass is 10.3. The SMILES string of the molecule is O=Cc1nc(COc2ccccc2Cl)n2ccccc12. The van der Waals surface area contributed by atoms with E-state index in [4.69, 9.17) is 16.3 Å². The molecule has 5 heteroatoms. The number of rotatable bonds is 4. The minimum absolute atomic E-state index is 0.239. The van der Waals surface area contributed by atoms with Gasteiger partial charge in [-0.3, -0.25) is 4.79 Å². The molecule has 0 bridgehead atoms. The van der Waals surface area contributed by atoms with Gasteiger partial charge in [-0.1, -0.05) is 29.8 Å². The zero-order chi connectivity index (χ0) is 13.9. The molecule has 0 amide bonds. The van der Waals surface area contributed by atoms with Gasteiger partial charge in [0.2, 0.25) is 0 Å². The number of nitrogens with zero attached hydrogens (tertiary/aromatic N) is 2. The Balaban J connectivity index is 1.92. The first-order valence-corrected chi connectivity index (χ1v) is 6.46. The minimum atomic E-state index is 0.239. The molecule has 0 aliphatic carbocycles. The van der Waals surface area contributed by atoms with Crippen molar-refractivity contribution in [2.45, 2.75) is 6.61 Å². The van der Waals surface area contributed by atoms with Crippen molar-refractivity contribution < 1.29 is 9.53 Å². The molecule has 0 radical (unpaired) electrons. The number of imidazole rings is 1. The Morgan fingerprint density at radius 1 is 1.20 bits per heavy atom. The van der Waals surface area contributed by atoms with E-state index in [0.29, 0.717) is 22.3 Å². The van der Waals surface area contributed by atoms with Crippen molar-refractivity contribution in [1.82, 2.24) is 9.38 Å². The molecule has 0 aliphatic rings. The van der Waals surface area contributed by atoms with E-state index in [0.717, 1.165) is 11.8 Å². The van der Waals surface area contributed by atoms with Gasteiger partial charge in [0, 0.05) is 6.20 Å². The first-order valence-electron chi connectivity index (χ1n) is 6.08. The van der Waals surface area contributed by atoms with Crippen molar-refractivity contribution in [1.29, 1.82) is 0 Å². The molecule has 0 fully saturated rings. The molecule has 1 aromatic carbocycles. The van der Waals surface area contributed by atoms with Gasteiger partial charge < -0.3 is 9.14 Å². The van der Waals surface area contributed by atoms with E-state index in [9.17, 15) is 4.79 Å². The number of aromatic nitrogens is 2. The van der Waals surface area contributed by atoms with Crippen LogP contribution in [0.1, 0.15) is 16.3 Å². The van der Waals surface area contributed by atoms with E-state index < -0.39 is 0 Å². The summed E-state index contributed by atoms with van der Waals surface area (Å²) in [5.41, 5.74) is 1.17. The van der Waals surface area contributed by atoms with Crippen molar-refractivity contribution in [2.75, 3.05) is 0 Å². The molecule has 0 unspecified atom stereocenters. The molecule has 20 heavy (non-hydrogen) atoms. The standard InChI is InChI=1S/C15H11ClN2O2/c16-11-5-1-2-7-14(11)20-10-15-17-12(9-19)13-6-3-4-8-18(13)15/h1-9H,10H2. The fourth-order valence-corrected chi connectivity index (χ4v) is 2.21. The van der Waals surface area contributed by atoms with Gasteiger partial charge in [-0.25, -0.2) is 4.98 Å². The van der Waals surface area contributed by atoms with Crippen LogP contribution in [0.4, 0.5) is 0 Å². The Hall–Kier alpha value is -2.33. The lowest BCUT2D eigenvalue weighted by Crippen LogP contribution is -2.01. The van der Waals surface area contributed by atoms with Crippen LogP contribution in [-0.4, -0.2) is 15.7 Å². The number of hydrogen-bond donors (Lipinski definition) is 0. The molecule has 0 saturated heterocycles. The summed E-state index contributed by atoms with van der Waals surface area (Å²) in [6.45, 7) is 0.239. The highest BCUT2D eigenvalue weighted by Crippen LogP contribution is 2.24. The molecule has 2 heterocycles. The predicted molar refractivity (Wildman–Crippen MR) is 76.4 cm³/mol. The molecule has 2 aromatic heterocycles. The van der Waals surface area contributed by atoms with Gasteiger partial charge in [-0.15, -0.1) is 0 Å². The topological polar surface area (TPSA) is 43.6 Å². The second-order valence-corrected chi connectivity index (χ2v) is 4.61. The van der Waals surface area contributed by atoms with Gasteiger partial charge in [-0.05, 0) is 24.3 Å². The van der Waals surface area contributed by atoms with Crippen LogP contribution in [0.3, 0.4) is 0 Å². The molecule has 3 aromatic rings. The van der Waals surface area contributed by atoms with Gasteiger partial charge >= 0.3 is 0 Å². The summed E-state index contributed by atoms with van der Waals surface area (Å²) in [6, 6.07) is 12.8. The molecule has 0 aliphatic heterocycles. The Bertz CT molecular complexity index is 767. The second kappa shape index (κ2) is 5.35. The van der Waals surface area contributed by atoms with Gasteiger partial charge in [0.05, 0.1) is 10.5 Å². The quantitative estimate of drug-likeness (QED) is 0.691. The molecule has 0 spiro atoms. The van der Waals surface area contributed by atoms with Crippen molar-refractivity contribution in [3.63, 3.8) is 0 Å². The summed E-state index contributed by atoms with van der Waals surface area (Å²) in [4.78, 5) is 15.3. The molecule has 3 rings (SSSR count). The van der Waals surface area contributed by atoms with Crippen LogP contribution >= 0.6 is 11.6 Å².